The SMILES string of the molecule is O=C(O)[C@@H]1CN(C(=O)Nc2cccc(C(F)(F)F)c2)C[C@H]1C(F)(F)F. The number of likely N-dealkylation sites (tertiary alicyclic amines) is 1. The maximum atomic E-state index is 12.9. The Kier molecular flexibility index (Phi) is 4.87. The summed E-state index contributed by atoms with van der Waals surface area (Å²) in [6.45, 7) is -1.57. The second-order valence-corrected chi connectivity index (χ2v) is 5.51. The summed E-state index contributed by atoms with van der Waals surface area (Å²) < 4.78 is 76.5. The van der Waals surface area contributed by atoms with Crippen molar-refractivity contribution in [1.82, 2.24) is 4.90 Å². The van der Waals surface area contributed by atoms with Crippen LogP contribution in [0.2, 0.25) is 0 Å². The third-order valence-electron chi connectivity index (χ3n) is 3.79. The van der Waals surface area contributed by atoms with Gasteiger partial charge in [0, 0.05) is 18.8 Å². The number of urea groups is 1. The van der Waals surface area contributed by atoms with Crippen LogP contribution >= 0.6 is 0 Å². The zero-order valence-corrected chi connectivity index (χ0v) is 12.4. The molecule has 0 aliphatic carbocycles. The summed E-state index contributed by atoms with van der Waals surface area (Å²) in [6.07, 6.45) is -9.46. The van der Waals surface area contributed by atoms with E-state index in [0.29, 0.717) is 11.0 Å². The number of carbonyl (C=O) groups is 2. The Balaban J connectivity index is 2.13. The van der Waals surface area contributed by atoms with Crippen molar-refractivity contribution in [3.8, 4) is 0 Å². The molecule has 2 amide bonds. The zero-order valence-electron chi connectivity index (χ0n) is 12.4. The lowest BCUT2D eigenvalue weighted by Crippen LogP contribution is -2.35. The summed E-state index contributed by atoms with van der Waals surface area (Å²) in [7, 11) is 0. The van der Waals surface area contributed by atoms with E-state index >= 15 is 0 Å². The smallest absolute Gasteiger partial charge is 0.416 e. The van der Waals surface area contributed by atoms with Crippen LogP contribution in [0, 0.1) is 11.8 Å². The number of nitrogens with one attached hydrogen (secondary N) is 1. The van der Waals surface area contributed by atoms with Gasteiger partial charge in [-0.2, -0.15) is 26.3 Å². The number of carbonyl (C=O) groups excluding carboxylic acids is 1. The van der Waals surface area contributed by atoms with Gasteiger partial charge in [0.2, 0.25) is 0 Å². The van der Waals surface area contributed by atoms with Crippen LogP contribution in [-0.4, -0.2) is 41.3 Å². The number of amides is 2. The predicted octanol–water partition coefficient (Wildman–Crippen LogP) is 3.43. The summed E-state index contributed by atoms with van der Waals surface area (Å²) in [5.74, 6) is -5.76. The average molecular weight is 370 g/mol. The Hall–Kier alpha value is -2.46. The molecule has 0 radical (unpaired) electrons. The first kappa shape index (κ1) is 18.9. The molecule has 138 valence electrons. The number of aliphatic carboxylic acids is 1. The predicted molar refractivity (Wildman–Crippen MR) is 72.7 cm³/mol. The van der Waals surface area contributed by atoms with Crippen LogP contribution in [0.25, 0.3) is 0 Å². The maximum absolute atomic E-state index is 12.9. The number of carboxylic acid groups (broad SMARTS) is 1. The van der Waals surface area contributed by atoms with Crippen molar-refractivity contribution < 1.29 is 41.0 Å². The number of anilines is 1. The van der Waals surface area contributed by atoms with E-state index < -0.39 is 54.8 Å². The highest BCUT2D eigenvalue weighted by molar-refractivity contribution is 5.90. The van der Waals surface area contributed by atoms with E-state index in [-0.39, 0.29) is 5.69 Å². The molecule has 5 nitrogen and oxygen atoms in total. The van der Waals surface area contributed by atoms with Crippen molar-refractivity contribution in [1.29, 1.82) is 0 Å². The van der Waals surface area contributed by atoms with Crippen molar-refractivity contribution in [2.75, 3.05) is 18.4 Å². The van der Waals surface area contributed by atoms with Gasteiger partial charge in [0.25, 0.3) is 0 Å². The van der Waals surface area contributed by atoms with Crippen molar-refractivity contribution >= 4 is 17.7 Å². The van der Waals surface area contributed by atoms with E-state index in [9.17, 15) is 35.9 Å². The van der Waals surface area contributed by atoms with Gasteiger partial charge in [0.15, 0.2) is 0 Å². The minimum Gasteiger partial charge on any atom is -0.481 e. The first-order valence-corrected chi connectivity index (χ1v) is 6.92. The Labute approximate surface area is 137 Å². The van der Waals surface area contributed by atoms with Gasteiger partial charge in [-0.3, -0.25) is 4.79 Å². The summed E-state index contributed by atoms with van der Waals surface area (Å²) in [5.41, 5.74) is -1.30. The highest BCUT2D eigenvalue weighted by Gasteiger charge is 2.53. The quantitative estimate of drug-likeness (QED) is 0.784. The van der Waals surface area contributed by atoms with Gasteiger partial charge in [-0.1, -0.05) is 6.07 Å². The topological polar surface area (TPSA) is 69.6 Å². The van der Waals surface area contributed by atoms with Crippen LogP contribution in [0.15, 0.2) is 24.3 Å². The zero-order chi connectivity index (χ0) is 19.0. The Morgan fingerprint density at radius 1 is 1.12 bits per heavy atom. The summed E-state index contributed by atoms with van der Waals surface area (Å²) >= 11 is 0. The number of benzene rings is 1. The van der Waals surface area contributed by atoms with Gasteiger partial charge in [-0.25, -0.2) is 4.79 Å². The number of alkyl halides is 6. The first-order chi connectivity index (χ1) is 11.4. The molecule has 2 atom stereocenters. The van der Waals surface area contributed by atoms with Gasteiger partial charge in [-0.05, 0) is 18.2 Å². The average Bonchev–Trinajstić information content (AvgIpc) is 2.92. The van der Waals surface area contributed by atoms with Crippen LogP contribution < -0.4 is 5.32 Å². The van der Waals surface area contributed by atoms with Crippen LogP contribution in [-0.2, 0) is 11.0 Å². The molecule has 1 aliphatic rings. The van der Waals surface area contributed by atoms with Crippen molar-refractivity contribution in [3.63, 3.8) is 0 Å². The highest BCUT2D eigenvalue weighted by Crippen LogP contribution is 2.38. The Bertz CT molecular complexity index is 673. The number of carboxylic acids is 1. The lowest BCUT2D eigenvalue weighted by molar-refractivity contribution is -0.187. The minimum atomic E-state index is -4.81. The fraction of sp³-hybridized carbons (Fsp3) is 0.429. The molecule has 2 rings (SSSR count). The van der Waals surface area contributed by atoms with Gasteiger partial charge in [-0.15, -0.1) is 0 Å². The highest BCUT2D eigenvalue weighted by atomic mass is 19.4. The molecule has 1 aromatic carbocycles. The van der Waals surface area contributed by atoms with Crippen molar-refractivity contribution in [2.24, 2.45) is 11.8 Å². The van der Waals surface area contributed by atoms with E-state index in [0.717, 1.165) is 18.2 Å². The molecule has 1 fully saturated rings. The molecule has 0 spiro atoms. The van der Waals surface area contributed by atoms with Gasteiger partial charge >= 0.3 is 24.4 Å². The molecule has 0 unspecified atom stereocenters. The van der Waals surface area contributed by atoms with E-state index in [1.54, 1.807) is 0 Å². The van der Waals surface area contributed by atoms with Crippen molar-refractivity contribution in [3.05, 3.63) is 29.8 Å². The molecular formula is C14H12F6N2O3. The summed E-state index contributed by atoms with van der Waals surface area (Å²) in [6, 6.07) is 2.47. The molecule has 1 heterocycles. The lowest BCUT2D eigenvalue weighted by atomic mass is 9.96. The molecule has 1 aromatic rings. The maximum Gasteiger partial charge on any atom is 0.416 e. The van der Waals surface area contributed by atoms with E-state index in [4.69, 9.17) is 5.11 Å². The van der Waals surface area contributed by atoms with Crippen LogP contribution in [0.5, 0.6) is 0 Å². The number of halogens is 6. The van der Waals surface area contributed by atoms with Crippen molar-refractivity contribution in [2.45, 2.75) is 12.4 Å². The van der Waals surface area contributed by atoms with Gasteiger partial charge in [0.1, 0.15) is 0 Å². The fourth-order valence-corrected chi connectivity index (χ4v) is 2.53. The number of rotatable bonds is 2. The van der Waals surface area contributed by atoms with Crippen LogP contribution in [0.4, 0.5) is 36.8 Å². The summed E-state index contributed by atoms with van der Waals surface area (Å²) in [4.78, 5) is 23.6. The minimum absolute atomic E-state index is 0.262. The Morgan fingerprint density at radius 3 is 2.24 bits per heavy atom. The molecule has 0 aromatic heterocycles. The number of hydrogen-bond acceptors (Lipinski definition) is 2. The number of hydrogen-bond donors (Lipinski definition) is 2. The second-order valence-electron chi connectivity index (χ2n) is 5.51. The molecule has 1 saturated heterocycles. The molecule has 11 heteroatoms. The molecule has 2 N–H and O–H groups in total. The van der Waals surface area contributed by atoms with E-state index in [1.165, 1.54) is 0 Å². The molecule has 0 bridgehead atoms. The summed E-state index contributed by atoms with van der Waals surface area (Å²) in [5, 5.41) is 10.9. The van der Waals surface area contributed by atoms with E-state index in [2.05, 4.69) is 5.32 Å². The second kappa shape index (κ2) is 6.45. The third kappa shape index (κ3) is 4.34. The first-order valence-electron chi connectivity index (χ1n) is 6.92. The Morgan fingerprint density at radius 2 is 1.76 bits per heavy atom. The fourth-order valence-electron chi connectivity index (χ4n) is 2.53. The van der Waals surface area contributed by atoms with Gasteiger partial charge in [0.05, 0.1) is 17.4 Å². The normalized spacial score (nSPS) is 21.3. The van der Waals surface area contributed by atoms with Crippen LogP contribution in [0.3, 0.4) is 0 Å². The largest absolute Gasteiger partial charge is 0.481 e. The molecular weight excluding hydrogens is 358 g/mol. The standard InChI is InChI=1S/C14H12F6N2O3/c15-13(16,17)7-2-1-3-8(4-7)21-12(25)22-5-9(11(23)24)10(6-22)14(18,19)20/h1-4,9-10H,5-6H2,(H,21,25)(H,23,24)/t9-,10-/m1/s1. The van der Waals surface area contributed by atoms with Crippen LogP contribution in [0.1, 0.15) is 5.56 Å². The molecule has 25 heavy (non-hydrogen) atoms. The molecule has 1 aliphatic heterocycles. The molecule has 0 saturated carbocycles. The third-order valence-corrected chi connectivity index (χ3v) is 3.79. The van der Waals surface area contributed by atoms with Gasteiger partial charge < -0.3 is 15.3 Å². The number of nitrogens with zero attached hydrogens (tertiary/aromatic N) is 1. The monoisotopic (exact) mass is 370 g/mol. The van der Waals surface area contributed by atoms with E-state index in [1.807, 2.05) is 0 Å². The lowest BCUT2D eigenvalue weighted by Gasteiger charge is -2.19.